The molecule has 5 aromatic rings. The summed E-state index contributed by atoms with van der Waals surface area (Å²) >= 11 is 0. The number of alkyl carbamates (subject to hydrolysis) is 1. The zero-order valence-corrected chi connectivity index (χ0v) is 43.1. The summed E-state index contributed by atoms with van der Waals surface area (Å²) in [6, 6.07) is 0.918. The normalized spacial score (nSPS) is 29.7. The molecule has 3 aliphatic rings. The van der Waals surface area contributed by atoms with E-state index in [0.29, 0.717) is 0 Å². The lowest BCUT2D eigenvalue weighted by Gasteiger charge is -2.26. The number of methoxy groups -OCH3 is 2. The van der Waals surface area contributed by atoms with Crippen LogP contribution in [0.3, 0.4) is 0 Å². The third kappa shape index (κ3) is 12.6. The lowest BCUT2D eigenvalue weighted by atomic mass is 9.98. The minimum absolute atomic E-state index is 0.00570. The maximum Gasteiger partial charge on any atom is 0.490 e. The molecule has 1 amide bonds. The Labute approximate surface area is 427 Å². The number of nitrogen functional groups attached to an aromatic ring is 2. The number of amides is 1. The van der Waals surface area contributed by atoms with Crippen molar-refractivity contribution in [1.82, 2.24) is 48.9 Å². The van der Waals surface area contributed by atoms with E-state index in [-0.39, 0.29) is 34.1 Å². The number of H-pyrrole nitrogens is 2. The third-order valence-corrected chi connectivity index (χ3v) is 17.0. The van der Waals surface area contributed by atoms with Crippen molar-refractivity contribution in [1.29, 1.82) is 0 Å². The fraction of sp³-hybridized carbons (Fsp3) is 0.559. The molecular weight excluding hydrogens is 1130 g/mol. The molecule has 0 saturated carbocycles. The van der Waals surface area contributed by atoms with E-state index in [1.54, 1.807) is 0 Å². The van der Waals surface area contributed by atoms with Crippen LogP contribution in [-0.2, 0) is 75.7 Å². The number of aryl methyl sites for hydroxylation is 1. The Balaban J connectivity index is 0.948. The average molecular weight is 1180 g/mol. The van der Waals surface area contributed by atoms with Crippen molar-refractivity contribution < 1.29 is 113 Å². The summed E-state index contributed by atoms with van der Waals surface area (Å²) in [4.78, 5) is 112. The number of nitrogens with one attached hydrogen (secondary N) is 3. The first kappa shape index (κ1) is 57.9. The number of phosphoric ester groups is 3. The summed E-state index contributed by atoms with van der Waals surface area (Å²) in [5.74, 6) is -1.65. The van der Waals surface area contributed by atoms with Crippen LogP contribution in [0, 0.1) is 5.92 Å². The summed E-state index contributed by atoms with van der Waals surface area (Å²) < 4.78 is 114. The topological polar surface area (TPSA) is 546 Å². The van der Waals surface area contributed by atoms with Crippen LogP contribution >= 0.6 is 31.3 Å². The zero-order chi connectivity index (χ0) is 56.1. The number of carbonyl (C=O) groups is 1. The Hall–Kier alpha value is -5.31. The molecule has 5 unspecified atom stereocenters. The minimum Gasteiger partial charge on any atom is -0.453 e. The maximum absolute atomic E-state index is 13.6. The van der Waals surface area contributed by atoms with Gasteiger partial charge in [-0.15, -0.1) is 0 Å². The Bertz CT molecular complexity index is 3390. The van der Waals surface area contributed by atoms with Crippen LogP contribution in [0.2, 0.25) is 0 Å². The van der Waals surface area contributed by atoms with Gasteiger partial charge in [0.05, 0.1) is 46.4 Å². The molecule has 8 rings (SSSR count). The van der Waals surface area contributed by atoms with Crippen molar-refractivity contribution >= 4 is 71.5 Å². The van der Waals surface area contributed by atoms with Crippen LogP contribution in [0.1, 0.15) is 18.7 Å². The molecule has 3 fully saturated rings. The van der Waals surface area contributed by atoms with Gasteiger partial charge in [-0.05, 0) is 0 Å². The number of aromatic nitrogens is 10. The molecule has 43 heteroatoms. The molecule has 14 N–H and O–H groups in total. The number of phosphoric acid groups is 4. The number of carbonyl (C=O) groups excluding carboxylic acids is 1. The number of hydrogen-bond donors (Lipinski definition) is 12. The monoisotopic (exact) mass is 1180 g/mol. The molecule has 3 aliphatic heterocycles. The minimum atomic E-state index is -6.24. The zero-order valence-electron chi connectivity index (χ0n) is 39.6. The van der Waals surface area contributed by atoms with Gasteiger partial charge in [0, 0.05) is 31.8 Å². The van der Waals surface area contributed by atoms with Crippen molar-refractivity contribution in [2.24, 2.45) is 13.0 Å². The van der Waals surface area contributed by atoms with E-state index < -0.39 is 154 Å². The molecule has 0 aliphatic carbocycles. The largest absolute Gasteiger partial charge is 0.490 e. The van der Waals surface area contributed by atoms with Crippen LogP contribution < -0.4 is 38.2 Å². The highest BCUT2D eigenvalue weighted by atomic mass is 31.3. The number of rotatable bonds is 21. The van der Waals surface area contributed by atoms with E-state index in [1.165, 1.54) is 27.1 Å². The highest BCUT2D eigenvalue weighted by Crippen LogP contribution is 2.68. The maximum atomic E-state index is 13.6. The van der Waals surface area contributed by atoms with Gasteiger partial charge in [-0.2, -0.15) is 8.62 Å². The van der Waals surface area contributed by atoms with Gasteiger partial charge in [0.25, 0.3) is 17.1 Å². The molecule has 77 heavy (non-hydrogen) atoms. The molecule has 5 aromatic heterocycles. The van der Waals surface area contributed by atoms with Crippen molar-refractivity contribution in [3.05, 3.63) is 62.4 Å². The van der Waals surface area contributed by atoms with E-state index in [0.717, 1.165) is 43.7 Å². The van der Waals surface area contributed by atoms with E-state index >= 15 is 0 Å². The predicted molar refractivity (Wildman–Crippen MR) is 246 cm³/mol. The number of nitrogens with two attached hydrogens (primary N) is 2. The number of ether oxygens (including phenoxy) is 5. The van der Waals surface area contributed by atoms with Gasteiger partial charge in [-0.25, -0.2) is 47.4 Å². The standard InChI is InChI=1S/C34H47N13O26P4/c1-44-12-47(27-19(44)28(52)43-32(36)42-27)29-20(49)13(6-37-34(54)64-3)14(68-29)7-66-75(57,58)72-77(61,62)73-76(59,60)67-9-16-23(24(63-2)31(70-16)46-11-40-18-25(35)38-10-39-26(18)46)71-74(55,56)65-8-15-21(50)22(51)30(69-15)45-5-4-17(48)41-33(45)53/h4-5,10-16,20-24,29-31,49-51H,6-9H2,1-3H3,(H10-,35,36,37,38,39,41,42,43,48,52,53,54,55,56,57,58,59,60,61,62)/p+1/t13-,14-,15-,16?,20-,21-,22-,23-,24-,29-,30-,31-/m1/s1. The molecule has 0 bridgehead atoms. The molecule has 3 saturated heterocycles. The highest BCUT2D eigenvalue weighted by Gasteiger charge is 2.54. The fourth-order valence-electron chi connectivity index (χ4n) is 8.40. The van der Waals surface area contributed by atoms with Crippen LogP contribution in [-0.4, -0.2) is 174 Å². The number of aromatic amines is 2. The lowest BCUT2D eigenvalue weighted by Crippen LogP contribution is -2.46. The smallest absolute Gasteiger partial charge is 0.453 e. The molecule has 8 heterocycles. The Kier molecular flexibility index (Phi) is 16.9. The first-order valence-corrected chi connectivity index (χ1v) is 27.8. The lowest BCUT2D eigenvalue weighted by molar-refractivity contribution is -0.745. The van der Waals surface area contributed by atoms with Gasteiger partial charge in [0.15, 0.2) is 30.2 Å². The highest BCUT2D eigenvalue weighted by molar-refractivity contribution is 7.66. The van der Waals surface area contributed by atoms with Gasteiger partial charge in [-0.1, -0.05) is 4.98 Å². The number of fused-ring (bicyclic) bond motifs is 2. The molecule has 16 atom stereocenters. The van der Waals surface area contributed by atoms with E-state index in [4.69, 9.17) is 48.5 Å². The van der Waals surface area contributed by atoms with Crippen molar-refractivity contribution in [2.75, 3.05) is 52.1 Å². The number of anilines is 2. The summed E-state index contributed by atoms with van der Waals surface area (Å²) in [5, 5.41) is 35.0. The Morgan fingerprint density at radius 2 is 1.45 bits per heavy atom. The molecule has 424 valence electrons. The summed E-state index contributed by atoms with van der Waals surface area (Å²) in [6.07, 6.45) is -14.9. The second kappa shape index (κ2) is 22.4. The van der Waals surface area contributed by atoms with Crippen LogP contribution in [0.4, 0.5) is 16.6 Å². The van der Waals surface area contributed by atoms with Gasteiger partial charge in [0.1, 0.15) is 54.6 Å². The predicted octanol–water partition coefficient (Wildman–Crippen LogP) is -4.26. The van der Waals surface area contributed by atoms with Crippen molar-refractivity contribution in [3.8, 4) is 0 Å². The number of hydrogen-bond acceptors (Lipinski definition) is 28. The number of aliphatic hydroxyl groups excluding tert-OH is 3. The van der Waals surface area contributed by atoms with Crippen LogP contribution in [0.25, 0.3) is 22.3 Å². The Morgan fingerprint density at radius 3 is 2.12 bits per heavy atom. The second-order valence-electron chi connectivity index (χ2n) is 16.8. The van der Waals surface area contributed by atoms with E-state index in [9.17, 15) is 72.3 Å². The molecule has 0 spiro atoms. The molecule has 0 aromatic carbocycles. The number of aliphatic hydroxyl groups is 3. The molecular formula is C34H48N13O26P4+. The quantitative estimate of drug-likeness (QED) is 0.0244. The summed E-state index contributed by atoms with van der Waals surface area (Å²) in [6.45, 7) is -3.84. The van der Waals surface area contributed by atoms with Gasteiger partial charge in [0.2, 0.25) is 11.7 Å². The summed E-state index contributed by atoms with van der Waals surface area (Å²) in [5.41, 5.74) is 9.08. The van der Waals surface area contributed by atoms with Crippen LogP contribution in [0.5, 0.6) is 0 Å². The first-order chi connectivity index (χ1) is 36.1. The number of nitrogens with zero attached hydrogens (tertiary/aromatic N) is 8. The second-order valence-corrected chi connectivity index (χ2v) is 22.8. The third-order valence-electron chi connectivity index (χ3n) is 11.8. The number of imidazole rings is 2. The van der Waals surface area contributed by atoms with E-state index in [2.05, 4.69) is 43.6 Å². The molecule has 0 radical (unpaired) electrons. The van der Waals surface area contributed by atoms with Crippen LogP contribution in [0.15, 0.2) is 45.6 Å². The van der Waals surface area contributed by atoms with Crippen molar-refractivity contribution in [3.63, 3.8) is 0 Å². The SMILES string of the molecule is COC(=O)NC[C@H]1[C@@H](O)[C@H]([n+]2cn(C)c3c(=O)[nH]c(N)nc32)O[C@@H]1COP(=O)(O)OP(=O)(O)OP(=O)(O)OCC1O[C@@H](n2cnc3c(N)ncnc32)[C@H](OC)[C@@H]1OP(=O)(O)OC[C@H]1O[C@@H](n2ccc(=O)[nH]c2=O)[C@H](O)[C@@H]1O. The first-order valence-electron chi connectivity index (χ1n) is 21.8. The average Bonchev–Trinajstić information content (AvgIpc) is 4.19. The fourth-order valence-corrected chi connectivity index (χ4v) is 12.9. The molecule has 39 nitrogen and oxygen atoms in total. The van der Waals surface area contributed by atoms with E-state index in [1.807, 2.05) is 4.98 Å². The van der Waals surface area contributed by atoms with Gasteiger partial charge in [-0.3, -0.25) is 51.4 Å². The van der Waals surface area contributed by atoms with Crippen molar-refractivity contribution in [2.45, 2.75) is 67.5 Å². The van der Waals surface area contributed by atoms with Gasteiger partial charge < -0.3 is 75.4 Å². The van der Waals surface area contributed by atoms with Gasteiger partial charge >= 0.3 is 48.7 Å². The summed E-state index contributed by atoms with van der Waals surface area (Å²) in [7, 11) is -20.0. The Morgan fingerprint density at radius 1 is 0.805 bits per heavy atom.